The lowest BCUT2D eigenvalue weighted by molar-refractivity contribution is 0.611. The standard InChI is InChI=1S/C11H16N4S/c1-8(4-2-6-12)10-13-11(15-14-10)9-5-3-7-16-9/h3,5,7-8H,2,4,6,12H2,1H3,(H,13,14,15). The Labute approximate surface area is 98.9 Å². The minimum Gasteiger partial charge on any atom is -0.330 e. The normalized spacial score (nSPS) is 12.9. The van der Waals surface area contributed by atoms with E-state index < -0.39 is 0 Å². The highest BCUT2D eigenvalue weighted by molar-refractivity contribution is 7.13. The fraction of sp³-hybridized carbons (Fsp3) is 0.455. The van der Waals surface area contributed by atoms with Gasteiger partial charge in [0.1, 0.15) is 5.82 Å². The maximum Gasteiger partial charge on any atom is 0.191 e. The molecule has 16 heavy (non-hydrogen) atoms. The number of H-pyrrole nitrogens is 1. The summed E-state index contributed by atoms with van der Waals surface area (Å²) in [7, 11) is 0. The Morgan fingerprint density at radius 2 is 2.44 bits per heavy atom. The summed E-state index contributed by atoms with van der Waals surface area (Å²) in [5, 5.41) is 9.27. The monoisotopic (exact) mass is 236 g/mol. The molecule has 0 spiro atoms. The number of nitrogens with two attached hydrogens (primary N) is 1. The van der Waals surface area contributed by atoms with E-state index in [0.29, 0.717) is 5.92 Å². The second-order valence-corrected chi connectivity index (χ2v) is 4.80. The Hall–Kier alpha value is -1.20. The fourth-order valence-corrected chi connectivity index (χ4v) is 2.23. The fourth-order valence-electron chi connectivity index (χ4n) is 1.57. The molecule has 5 heteroatoms. The molecule has 2 aromatic heterocycles. The second kappa shape index (κ2) is 5.23. The maximum absolute atomic E-state index is 5.49. The summed E-state index contributed by atoms with van der Waals surface area (Å²) < 4.78 is 0. The van der Waals surface area contributed by atoms with Crippen molar-refractivity contribution in [2.45, 2.75) is 25.7 Å². The van der Waals surface area contributed by atoms with Gasteiger partial charge >= 0.3 is 0 Å². The Morgan fingerprint density at radius 1 is 1.56 bits per heavy atom. The summed E-state index contributed by atoms with van der Waals surface area (Å²) >= 11 is 1.65. The summed E-state index contributed by atoms with van der Waals surface area (Å²) in [6.07, 6.45) is 2.08. The number of rotatable bonds is 5. The molecule has 2 heterocycles. The Balaban J connectivity index is 2.07. The molecule has 0 fully saturated rings. The predicted molar refractivity (Wildman–Crippen MR) is 66.4 cm³/mol. The van der Waals surface area contributed by atoms with Crippen LogP contribution in [0.1, 0.15) is 31.5 Å². The Kier molecular flexibility index (Phi) is 3.69. The number of aromatic nitrogens is 3. The number of thiophene rings is 1. The summed E-state index contributed by atoms with van der Waals surface area (Å²) in [5.74, 6) is 2.14. The number of aromatic amines is 1. The van der Waals surface area contributed by atoms with Gasteiger partial charge in [-0.1, -0.05) is 13.0 Å². The SMILES string of the molecule is CC(CCCN)c1nc(-c2cccs2)n[nH]1. The smallest absolute Gasteiger partial charge is 0.191 e. The van der Waals surface area contributed by atoms with E-state index in [0.717, 1.165) is 35.9 Å². The van der Waals surface area contributed by atoms with Gasteiger partial charge in [-0.05, 0) is 30.8 Å². The van der Waals surface area contributed by atoms with Crippen molar-refractivity contribution < 1.29 is 0 Å². The van der Waals surface area contributed by atoms with Gasteiger partial charge in [0.2, 0.25) is 0 Å². The quantitative estimate of drug-likeness (QED) is 0.837. The van der Waals surface area contributed by atoms with E-state index in [1.165, 1.54) is 0 Å². The van der Waals surface area contributed by atoms with E-state index >= 15 is 0 Å². The van der Waals surface area contributed by atoms with Crippen LogP contribution in [-0.4, -0.2) is 21.7 Å². The van der Waals surface area contributed by atoms with Gasteiger partial charge in [0, 0.05) is 5.92 Å². The van der Waals surface area contributed by atoms with E-state index in [2.05, 4.69) is 22.1 Å². The highest BCUT2D eigenvalue weighted by atomic mass is 32.1. The van der Waals surface area contributed by atoms with Crippen molar-refractivity contribution in [3.63, 3.8) is 0 Å². The van der Waals surface area contributed by atoms with E-state index in [9.17, 15) is 0 Å². The molecule has 0 amide bonds. The largest absolute Gasteiger partial charge is 0.330 e. The van der Waals surface area contributed by atoms with Crippen LogP contribution in [0.5, 0.6) is 0 Å². The van der Waals surface area contributed by atoms with E-state index in [-0.39, 0.29) is 0 Å². The molecule has 0 aliphatic carbocycles. The molecule has 0 aromatic carbocycles. The molecular formula is C11H16N4S. The zero-order valence-corrected chi connectivity index (χ0v) is 10.1. The predicted octanol–water partition coefficient (Wildman–Crippen LogP) is 2.38. The van der Waals surface area contributed by atoms with Crippen molar-refractivity contribution in [2.75, 3.05) is 6.54 Å². The molecule has 0 aliphatic heterocycles. The van der Waals surface area contributed by atoms with Crippen molar-refractivity contribution in [3.8, 4) is 10.7 Å². The highest BCUT2D eigenvalue weighted by Gasteiger charge is 2.12. The van der Waals surface area contributed by atoms with Crippen molar-refractivity contribution in [2.24, 2.45) is 5.73 Å². The zero-order valence-electron chi connectivity index (χ0n) is 9.31. The van der Waals surface area contributed by atoms with Gasteiger partial charge in [0.05, 0.1) is 4.88 Å². The minimum atomic E-state index is 0.393. The summed E-state index contributed by atoms with van der Waals surface area (Å²) in [6, 6.07) is 4.04. The number of hydrogen-bond acceptors (Lipinski definition) is 4. The molecule has 0 aliphatic rings. The molecule has 4 nitrogen and oxygen atoms in total. The first kappa shape index (κ1) is 11.3. The van der Waals surface area contributed by atoms with Crippen molar-refractivity contribution in [3.05, 3.63) is 23.3 Å². The zero-order chi connectivity index (χ0) is 11.4. The molecular weight excluding hydrogens is 220 g/mol. The van der Waals surface area contributed by atoms with Gasteiger partial charge < -0.3 is 5.73 Å². The van der Waals surface area contributed by atoms with Gasteiger partial charge in [-0.15, -0.1) is 11.3 Å². The molecule has 1 unspecified atom stereocenters. The first-order chi connectivity index (χ1) is 7.81. The van der Waals surface area contributed by atoms with Crippen molar-refractivity contribution in [1.82, 2.24) is 15.2 Å². The highest BCUT2D eigenvalue weighted by Crippen LogP contribution is 2.23. The number of hydrogen-bond donors (Lipinski definition) is 2. The second-order valence-electron chi connectivity index (χ2n) is 3.85. The molecule has 1 atom stereocenters. The average Bonchev–Trinajstić information content (AvgIpc) is 2.94. The molecule has 3 N–H and O–H groups in total. The summed E-state index contributed by atoms with van der Waals surface area (Å²) in [6.45, 7) is 2.88. The van der Waals surface area contributed by atoms with Gasteiger partial charge in [0.25, 0.3) is 0 Å². The van der Waals surface area contributed by atoms with Crippen LogP contribution >= 0.6 is 11.3 Å². The van der Waals surface area contributed by atoms with E-state index in [4.69, 9.17) is 5.73 Å². The average molecular weight is 236 g/mol. The lowest BCUT2D eigenvalue weighted by atomic mass is 10.1. The van der Waals surface area contributed by atoms with E-state index in [1.54, 1.807) is 11.3 Å². The number of nitrogens with one attached hydrogen (secondary N) is 1. The van der Waals surface area contributed by atoms with Gasteiger partial charge in [-0.3, -0.25) is 5.10 Å². The third-order valence-corrected chi connectivity index (χ3v) is 3.42. The van der Waals surface area contributed by atoms with Gasteiger partial charge in [-0.25, -0.2) is 4.98 Å². The lowest BCUT2D eigenvalue weighted by Crippen LogP contribution is -2.03. The molecule has 2 aromatic rings. The summed E-state index contributed by atoms with van der Waals surface area (Å²) in [5.41, 5.74) is 5.49. The van der Waals surface area contributed by atoms with Crippen LogP contribution in [0.15, 0.2) is 17.5 Å². The van der Waals surface area contributed by atoms with Crippen LogP contribution < -0.4 is 5.73 Å². The molecule has 2 rings (SSSR count). The van der Waals surface area contributed by atoms with E-state index in [1.807, 2.05) is 17.5 Å². The van der Waals surface area contributed by atoms with Crippen molar-refractivity contribution in [1.29, 1.82) is 0 Å². The van der Waals surface area contributed by atoms with Crippen LogP contribution in [0.4, 0.5) is 0 Å². The molecule has 0 saturated carbocycles. The van der Waals surface area contributed by atoms with Crippen LogP contribution in [-0.2, 0) is 0 Å². The Bertz CT molecular complexity index is 421. The number of nitrogens with zero attached hydrogens (tertiary/aromatic N) is 2. The van der Waals surface area contributed by atoms with Crippen LogP contribution in [0.3, 0.4) is 0 Å². The van der Waals surface area contributed by atoms with Gasteiger partial charge in [0.15, 0.2) is 5.82 Å². The topological polar surface area (TPSA) is 67.6 Å². The summed E-state index contributed by atoms with van der Waals surface area (Å²) in [4.78, 5) is 5.61. The third-order valence-electron chi connectivity index (χ3n) is 2.55. The van der Waals surface area contributed by atoms with Crippen LogP contribution in [0.2, 0.25) is 0 Å². The maximum atomic E-state index is 5.49. The molecule has 0 bridgehead atoms. The Morgan fingerprint density at radius 3 is 3.12 bits per heavy atom. The molecule has 0 radical (unpaired) electrons. The van der Waals surface area contributed by atoms with Crippen LogP contribution in [0.25, 0.3) is 10.7 Å². The van der Waals surface area contributed by atoms with Crippen molar-refractivity contribution >= 4 is 11.3 Å². The lowest BCUT2D eigenvalue weighted by Gasteiger charge is -2.05. The first-order valence-corrected chi connectivity index (χ1v) is 6.35. The molecule has 86 valence electrons. The van der Waals surface area contributed by atoms with Crippen LogP contribution in [0, 0.1) is 0 Å². The third kappa shape index (κ3) is 2.48. The first-order valence-electron chi connectivity index (χ1n) is 5.47. The molecule has 0 saturated heterocycles. The van der Waals surface area contributed by atoms with Gasteiger partial charge in [-0.2, -0.15) is 5.10 Å². The minimum absolute atomic E-state index is 0.393.